The van der Waals surface area contributed by atoms with Crippen LogP contribution in [0.1, 0.15) is 52.1 Å². The Kier molecular flexibility index (Phi) is 5.36. The number of alkyl carbamates (subject to hydrolysis) is 1. The molecule has 132 valence electrons. The molecule has 0 unspecified atom stereocenters. The highest BCUT2D eigenvalue weighted by molar-refractivity contribution is 5.79. The van der Waals surface area contributed by atoms with Gasteiger partial charge in [-0.05, 0) is 58.2 Å². The van der Waals surface area contributed by atoms with Gasteiger partial charge in [0.2, 0.25) is 0 Å². The van der Waals surface area contributed by atoms with Crippen LogP contribution in [0.2, 0.25) is 0 Å². The first-order valence-corrected chi connectivity index (χ1v) is 8.26. The molecule has 0 saturated carbocycles. The summed E-state index contributed by atoms with van der Waals surface area (Å²) in [4.78, 5) is 25.0. The van der Waals surface area contributed by atoms with Crippen molar-refractivity contribution in [1.82, 2.24) is 5.32 Å². The molecular weight excluding hydrogens is 308 g/mol. The van der Waals surface area contributed by atoms with Gasteiger partial charge in [-0.25, -0.2) is 9.59 Å². The fourth-order valence-electron chi connectivity index (χ4n) is 2.85. The van der Waals surface area contributed by atoms with Crippen LogP contribution in [-0.4, -0.2) is 35.4 Å². The van der Waals surface area contributed by atoms with Crippen LogP contribution < -0.4 is 10.2 Å². The van der Waals surface area contributed by atoms with E-state index in [2.05, 4.69) is 5.32 Å². The van der Waals surface area contributed by atoms with Gasteiger partial charge in [-0.15, -0.1) is 0 Å². The van der Waals surface area contributed by atoms with E-state index in [4.69, 9.17) is 4.74 Å². The summed E-state index contributed by atoms with van der Waals surface area (Å²) in [6.07, 6.45) is 1.10. The summed E-state index contributed by atoms with van der Waals surface area (Å²) in [5, 5.41) is 12.1. The number of aliphatic carboxylic acids is 1. The molecule has 6 nitrogen and oxygen atoms in total. The maximum atomic E-state index is 11.8. The van der Waals surface area contributed by atoms with Crippen LogP contribution in [0.5, 0.6) is 0 Å². The molecule has 6 heteroatoms. The molecule has 2 N–H and O–H groups in total. The molecule has 1 aliphatic rings. The lowest BCUT2D eigenvalue weighted by Crippen LogP contribution is -2.36. The fourth-order valence-corrected chi connectivity index (χ4v) is 2.85. The molecule has 0 aromatic heterocycles. The van der Waals surface area contributed by atoms with Crippen LogP contribution in [0.4, 0.5) is 10.5 Å². The van der Waals surface area contributed by atoms with Crippen LogP contribution >= 0.6 is 0 Å². The number of carbonyl (C=O) groups excluding carboxylic acids is 1. The fraction of sp³-hybridized carbons (Fsp3) is 0.556. The Balaban J connectivity index is 2.01. The summed E-state index contributed by atoms with van der Waals surface area (Å²) < 4.78 is 5.25. The number of carboxylic acids is 1. The predicted octanol–water partition coefficient (Wildman–Crippen LogP) is 3.33. The SMILES string of the molecule is C[C@H](NC(=O)OC(C)(C)C)c1ccc(N2CCC[C@H]2C(=O)O)cc1. The zero-order valence-corrected chi connectivity index (χ0v) is 14.7. The third-order valence-electron chi connectivity index (χ3n) is 4.00. The number of carboxylic acid groups (broad SMARTS) is 1. The topological polar surface area (TPSA) is 78.9 Å². The van der Waals surface area contributed by atoms with Gasteiger partial charge in [0.25, 0.3) is 0 Å². The molecule has 0 radical (unpaired) electrons. The summed E-state index contributed by atoms with van der Waals surface area (Å²) in [7, 11) is 0. The van der Waals surface area contributed by atoms with Crippen molar-refractivity contribution in [1.29, 1.82) is 0 Å². The molecule has 0 aliphatic carbocycles. The Morgan fingerprint density at radius 2 is 1.92 bits per heavy atom. The number of ether oxygens (including phenoxy) is 1. The Labute approximate surface area is 142 Å². The second kappa shape index (κ2) is 7.11. The Morgan fingerprint density at radius 3 is 2.46 bits per heavy atom. The molecule has 1 saturated heterocycles. The van der Waals surface area contributed by atoms with E-state index in [1.165, 1.54) is 0 Å². The number of hydrogen-bond donors (Lipinski definition) is 2. The van der Waals surface area contributed by atoms with E-state index >= 15 is 0 Å². The lowest BCUT2D eigenvalue weighted by atomic mass is 10.1. The van der Waals surface area contributed by atoms with Crippen molar-refractivity contribution in [3.05, 3.63) is 29.8 Å². The first-order valence-electron chi connectivity index (χ1n) is 8.26. The summed E-state index contributed by atoms with van der Waals surface area (Å²) in [5.74, 6) is -0.781. The summed E-state index contributed by atoms with van der Waals surface area (Å²) in [6, 6.07) is 6.99. The minimum atomic E-state index is -0.781. The van der Waals surface area contributed by atoms with E-state index in [0.717, 1.165) is 24.2 Å². The number of nitrogens with one attached hydrogen (secondary N) is 1. The molecule has 1 aromatic rings. The average molecular weight is 334 g/mol. The smallest absolute Gasteiger partial charge is 0.408 e. The van der Waals surface area contributed by atoms with Crippen LogP contribution in [0.25, 0.3) is 0 Å². The highest BCUT2D eigenvalue weighted by atomic mass is 16.6. The van der Waals surface area contributed by atoms with Crippen molar-refractivity contribution in [2.45, 2.75) is 58.2 Å². The van der Waals surface area contributed by atoms with E-state index in [1.807, 2.05) is 56.9 Å². The first-order chi connectivity index (χ1) is 11.2. The summed E-state index contributed by atoms with van der Waals surface area (Å²) in [5.41, 5.74) is 1.30. The molecule has 24 heavy (non-hydrogen) atoms. The van der Waals surface area contributed by atoms with Crippen LogP contribution in [0.3, 0.4) is 0 Å². The molecule has 1 aliphatic heterocycles. The van der Waals surface area contributed by atoms with Gasteiger partial charge in [-0.3, -0.25) is 0 Å². The average Bonchev–Trinajstić information content (AvgIpc) is 2.94. The second-order valence-corrected chi connectivity index (χ2v) is 7.15. The van der Waals surface area contributed by atoms with E-state index in [-0.39, 0.29) is 6.04 Å². The number of carbonyl (C=O) groups is 2. The number of benzene rings is 1. The van der Waals surface area contributed by atoms with Crippen molar-refractivity contribution >= 4 is 17.7 Å². The van der Waals surface area contributed by atoms with Crippen molar-refractivity contribution in [3.63, 3.8) is 0 Å². The minimum absolute atomic E-state index is 0.192. The van der Waals surface area contributed by atoms with E-state index in [1.54, 1.807) is 0 Å². The molecule has 2 atom stereocenters. The van der Waals surface area contributed by atoms with Crippen molar-refractivity contribution < 1.29 is 19.4 Å². The third-order valence-corrected chi connectivity index (χ3v) is 4.00. The van der Waals surface area contributed by atoms with Gasteiger partial charge < -0.3 is 20.1 Å². The molecular formula is C18H26N2O4. The highest BCUT2D eigenvalue weighted by Gasteiger charge is 2.30. The monoisotopic (exact) mass is 334 g/mol. The predicted molar refractivity (Wildman–Crippen MR) is 92.2 cm³/mol. The minimum Gasteiger partial charge on any atom is -0.480 e. The number of nitrogens with zero attached hydrogens (tertiary/aromatic N) is 1. The van der Waals surface area contributed by atoms with Gasteiger partial charge in [0, 0.05) is 12.2 Å². The van der Waals surface area contributed by atoms with E-state index in [9.17, 15) is 14.7 Å². The van der Waals surface area contributed by atoms with Crippen molar-refractivity contribution in [2.24, 2.45) is 0 Å². The molecule has 1 heterocycles. The van der Waals surface area contributed by atoms with Crippen molar-refractivity contribution in [3.8, 4) is 0 Å². The summed E-state index contributed by atoms with van der Waals surface area (Å²) >= 11 is 0. The van der Waals surface area contributed by atoms with Crippen LogP contribution in [0.15, 0.2) is 24.3 Å². The van der Waals surface area contributed by atoms with Crippen molar-refractivity contribution in [2.75, 3.05) is 11.4 Å². The molecule has 2 rings (SSSR count). The normalized spacial score (nSPS) is 19.0. The Morgan fingerprint density at radius 1 is 1.29 bits per heavy atom. The third kappa shape index (κ3) is 4.63. The van der Waals surface area contributed by atoms with Gasteiger partial charge in [-0.2, -0.15) is 0 Å². The number of hydrogen-bond acceptors (Lipinski definition) is 4. The van der Waals surface area contributed by atoms with Gasteiger partial charge in [0.15, 0.2) is 0 Å². The molecule has 1 aromatic carbocycles. The van der Waals surface area contributed by atoms with Gasteiger partial charge in [0.05, 0.1) is 6.04 Å². The molecule has 0 spiro atoms. The number of anilines is 1. The Hall–Kier alpha value is -2.24. The quantitative estimate of drug-likeness (QED) is 0.883. The van der Waals surface area contributed by atoms with E-state index < -0.39 is 23.7 Å². The standard InChI is InChI=1S/C18H26N2O4/c1-12(19-17(23)24-18(2,3)4)13-7-9-14(10-8-13)20-11-5-6-15(20)16(21)22/h7-10,12,15H,5-6,11H2,1-4H3,(H,19,23)(H,21,22)/t12-,15-/m0/s1. The first kappa shape index (κ1) is 18.1. The van der Waals surface area contributed by atoms with E-state index in [0.29, 0.717) is 6.42 Å². The zero-order chi connectivity index (χ0) is 17.9. The molecule has 1 amide bonds. The zero-order valence-electron chi connectivity index (χ0n) is 14.7. The van der Waals surface area contributed by atoms with Gasteiger partial charge in [-0.1, -0.05) is 12.1 Å². The number of amides is 1. The van der Waals surface area contributed by atoms with Gasteiger partial charge in [0.1, 0.15) is 11.6 Å². The molecule has 1 fully saturated rings. The lowest BCUT2D eigenvalue weighted by Gasteiger charge is -2.25. The second-order valence-electron chi connectivity index (χ2n) is 7.15. The Bertz CT molecular complexity index is 592. The summed E-state index contributed by atoms with van der Waals surface area (Å²) in [6.45, 7) is 8.10. The van der Waals surface area contributed by atoms with Crippen LogP contribution in [-0.2, 0) is 9.53 Å². The maximum Gasteiger partial charge on any atom is 0.408 e. The lowest BCUT2D eigenvalue weighted by molar-refractivity contribution is -0.138. The van der Waals surface area contributed by atoms with Crippen LogP contribution in [0, 0.1) is 0 Å². The maximum absolute atomic E-state index is 11.8. The highest BCUT2D eigenvalue weighted by Crippen LogP contribution is 2.27. The van der Waals surface area contributed by atoms with Gasteiger partial charge >= 0.3 is 12.1 Å². The largest absolute Gasteiger partial charge is 0.480 e. The number of rotatable bonds is 4. The molecule has 0 bridgehead atoms.